The van der Waals surface area contributed by atoms with Crippen LogP contribution in [0.4, 0.5) is 13.2 Å². The maximum Gasteiger partial charge on any atom is 0.453 e. The highest BCUT2D eigenvalue weighted by atomic mass is 32.1. The van der Waals surface area contributed by atoms with Crippen LogP contribution in [0.25, 0.3) is 0 Å². The van der Waals surface area contributed by atoms with Gasteiger partial charge in [-0.2, -0.15) is 22.9 Å². The Morgan fingerprint density at radius 2 is 1.90 bits per heavy atom. The number of ether oxygens (including phenoxy) is 2. The van der Waals surface area contributed by atoms with Gasteiger partial charge in [-0.1, -0.05) is 29.8 Å². The summed E-state index contributed by atoms with van der Waals surface area (Å²) in [5.74, 6) is -0.308. The van der Waals surface area contributed by atoms with Crippen molar-refractivity contribution in [1.82, 2.24) is 14.9 Å². The molecule has 0 aliphatic carbocycles. The Balaban J connectivity index is 1.79. The van der Waals surface area contributed by atoms with Gasteiger partial charge in [0.15, 0.2) is 11.5 Å². The first-order valence-corrected chi connectivity index (χ1v) is 8.84. The van der Waals surface area contributed by atoms with Crippen molar-refractivity contribution >= 4 is 18.4 Å². The number of methoxy groups -OCH3 is 1. The van der Waals surface area contributed by atoms with Crippen molar-refractivity contribution in [1.29, 1.82) is 0 Å². The van der Waals surface area contributed by atoms with Gasteiger partial charge in [-0.05, 0) is 48.5 Å². The van der Waals surface area contributed by atoms with Crippen molar-refractivity contribution in [2.24, 2.45) is 5.10 Å². The second kappa shape index (κ2) is 8.48. The van der Waals surface area contributed by atoms with Crippen LogP contribution in [0.1, 0.15) is 22.5 Å². The van der Waals surface area contributed by atoms with E-state index in [1.165, 1.54) is 13.3 Å². The SMILES string of the molecule is COc1cc(/C=N\n2c(C(F)(F)F)n[nH]c2=S)ccc1OCc1ccc(C)cc1. The zero-order chi connectivity index (χ0) is 21.0. The number of hydrogen-bond donors (Lipinski definition) is 1. The van der Waals surface area contributed by atoms with Crippen LogP contribution in [0.2, 0.25) is 0 Å². The van der Waals surface area contributed by atoms with Crippen LogP contribution in [-0.4, -0.2) is 28.2 Å². The summed E-state index contributed by atoms with van der Waals surface area (Å²) in [6.45, 7) is 2.35. The van der Waals surface area contributed by atoms with E-state index >= 15 is 0 Å². The molecule has 0 radical (unpaired) electrons. The molecule has 2 aromatic carbocycles. The van der Waals surface area contributed by atoms with Crippen molar-refractivity contribution in [2.75, 3.05) is 7.11 Å². The monoisotopic (exact) mass is 422 g/mol. The lowest BCUT2D eigenvalue weighted by atomic mass is 10.2. The van der Waals surface area contributed by atoms with Crippen LogP contribution in [0.5, 0.6) is 11.5 Å². The molecule has 0 saturated heterocycles. The summed E-state index contributed by atoms with van der Waals surface area (Å²) >= 11 is 4.80. The number of aryl methyl sites for hydroxylation is 1. The molecule has 0 aliphatic rings. The topological polar surface area (TPSA) is 64.4 Å². The predicted octanol–water partition coefficient (Wildman–Crippen LogP) is 4.74. The number of nitrogens with zero attached hydrogens (tertiary/aromatic N) is 3. The van der Waals surface area contributed by atoms with E-state index < -0.39 is 12.0 Å². The Kier molecular flexibility index (Phi) is 6.02. The van der Waals surface area contributed by atoms with Crippen LogP contribution in [0.15, 0.2) is 47.6 Å². The summed E-state index contributed by atoms with van der Waals surface area (Å²) in [7, 11) is 1.48. The van der Waals surface area contributed by atoms with Gasteiger partial charge in [0, 0.05) is 0 Å². The summed E-state index contributed by atoms with van der Waals surface area (Å²) in [6.07, 6.45) is -3.46. The fourth-order valence-electron chi connectivity index (χ4n) is 2.44. The molecule has 29 heavy (non-hydrogen) atoms. The third-order valence-corrected chi connectivity index (χ3v) is 4.19. The molecule has 152 valence electrons. The molecular formula is C19H17F3N4O2S. The average Bonchev–Trinajstić information content (AvgIpc) is 3.07. The Morgan fingerprint density at radius 1 is 1.17 bits per heavy atom. The van der Waals surface area contributed by atoms with Crippen LogP contribution >= 0.6 is 12.2 Å². The molecule has 0 bridgehead atoms. The molecule has 0 atom stereocenters. The van der Waals surface area contributed by atoms with Gasteiger partial charge in [-0.25, -0.2) is 5.10 Å². The van der Waals surface area contributed by atoms with Gasteiger partial charge in [0.25, 0.3) is 5.82 Å². The average molecular weight is 422 g/mol. The fourth-order valence-corrected chi connectivity index (χ4v) is 2.62. The molecule has 0 fully saturated rings. The van der Waals surface area contributed by atoms with E-state index in [2.05, 4.69) is 15.3 Å². The van der Waals surface area contributed by atoms with Crippen molar-refractivity contribution in [3.8, 4) is 11.5 Å². The lowest BCUT2D eigenvalue weighted by Gasteiger charge is -2.11. The number of alkyl halides is 3. The summed E-state index contributed by atoms with van der Waals surface area (Å²) < 4.78 is 50.2. The number of rotatable bonds is 6. The smallest absolute Gasteiger partial charge is 0.453 e. The van der Waals surface area contributed by atoms with E-state index in [0.29, 0.717) is 28.3 Å². The molecule has 0 amide bonds. The standard InChI is InChI=1S/C19H17F3N4O2S/c1-12-3-5-13(6-4-12)11-28-15-8-7-14(9-16(15)27-2)10-23-26-17(19(20,21)22)24-25-18(26)29/h3-10H,11H2,1-2H3,(H,25,29)/b23-10-. The third kappa shape index (κ3) is 5.02. The number of hydrogen-bond acceptors (Lipinski definition) is 5. The molecule has 0 unspecified atom stereocenters. The number of aromatic amines is 1. The molecule has 1 aromatic heterocycles. The van der Waals surface area contributed by atoms with E-state index in [4.69, 9.17) is 21.7 Å². The minimum atomic E-state index is -4.68. The molecule has 3 rings (SSSR count). The first kappa shape index (κ1) is 20.6. The molecule has 10 heteroatoms. The Morgan fingerprint density at radius 3 is 2.55 bits per heavy atom. The number of H-pyrrole nitrogens is 1. The molecule has 1 N–H and O–H groups in total. The minimum absolute atomic E-state index is 0.265. The van der Waals surface area contributed by atoms with Gasteiger partial charge in [-0.3, -0.25) is 0 Å². The molecule has 0 aliphatic heterocycles. The second-order valence-electron chi connectivity index (χ2n) is 6.09. The normalized spacial score (nSPS) is 11.8. The van der Waals surface area contributed by atoms with E-state index in [1.54, 1.807) is 18.2 Å². The van der Waals surface area contributed by atoms with E-state index in [0.717, 1.165) is 11.1 Å². The van der Waals surface area contributed by atoms with E-state index in [1.807, 2.05) is 31.2 Å². The molecule has 1 heterocycles. The van der Waals surface area contributed by atoms with Crippen LogP contribution in [0.3, 0.4) is 0 Å². The lowest BCUT2D eigenvalue weighted by molar-refractivity contribution is -0.147. The maximum absolute atomic E-state index is 12.9. The number of halogens is 3. The Bertz CT molecular complexity index is 1070. The van der Waals surface area contributed by atoms with Gasteiger partial charge in [-0.15, -0.1) is 5.10 Å². The largest absolute Gasteiger partial charge is 0.493 e. The van der Waals surface area contributed by atoms with Gasteiger partial charge < -0.3 is 9.47 Å². The molecule has 0 spiro atoms. The summed E-state index contributed by atoms with van der Waals surface area (Å²) in [5.41, 5.74) is 2.65. The zero-order valence-electron chi connectivity index (χ0n) is 15.5. The van der Waals surface area contributed by atoms with Gasteiger partial charge >= 0.3 is 6.18 Å². The van der Waals surface area contributed by atoms with Crippen LogP contribution < -0.4 is 9.47 Å². The second-order valence-corrected chi connectivity index (χ2v) is 6.48. The van der Waals surface area contributed by atoms with Crippen LogP contribution in [0, 0.1) is 11.7 Å². The van der Waals surface area contributed by atoms with Crippen molar-refractivity contribution in [2.45, 2.75) is 19.7 Å². The zero-order valence-corrected chi connectivity index (χ0v) is 16.3. The Hall–Kier alpha value is -3.14. The highest BCUT2D eigenvalue weighted by Gasteiger charge is 2.37. The van der Waals surface area contributed by atoms with Gasteiger partial charge in [0.1, 0.15) is 6.61 Å². The number of aromatic nitrogens is 3. The first-order valence-electron chi connectivity index (χ1n) is 8.43. The highest BCUT2D eigenvalue weighted by molar-refractivity contribution is 7.71. The molecule has 6 nitrogen and oxygen atoms in total. The molecular weight excluding hydrogens is 405 g/mol. The third-order valence-electron chi connectivity index (χ3n) is 3.93. The molecule has 0 saturated carbocycles. The molecule has 3 aromatic rings. The van der Waals surface area contributed by atoms with E-state index in [9.17, 15) is 13.2 Å². The maximum atomic E-state index is 12.9. The summed E-state index contributed by atoms with van der Waals surface area (Å²) in [5, 5.41) is 9.04. The highest BCUT2D eigenvalue weighted by Crippen LogP contribution is 2.29. The van der Waals surface area contributed by atoms with Crippen molar-refractivity contribution in [3.05, 3.63) is 69.8 Å². The van der Waals surface area contributed by atoms with Crippen molar-refractivity contribution in [3.63, 3.8) is 0 Å². The lowest BCUT2D eigenvalue weighted by Crippen LogP contribution is -2.12. The first-order chi connectivity index (χ1) is 13.8. The van der Waals surface area contributed by atoms with Gasteiger partial charge in [0.05, 0.1) is 13.3 Å². The van der Waals surface area contributed by atoms with Gasteiger partial charge in [0.2, 0.25) is 4.77 Å². The van der Waals surface area contributed by atoms with E-state index in [-0.39, 0.29) is 4.77 Å². The van der Waals surface area contributed by atoms with Crippen LogP contribution in [-0.2, 0) is 12.8 Å². The van der Waals surface area contributed by atoms with Crippen molar-refractivity contribution < 1.29 is 22.6 Å². The Labute approximate surface area is 169 Å². The summed E-state index contributed by atoms with van der Waals surface area (Å²) in [4.78, 5) is 0. The number of benzene rings is 2. The summed E-state index contributed by atoms with van der Waals surface area (Å²) in [6, 6.07) is 12.8. The number of nitrogens with one attached hydrogen (secondary N) is 1. The fraction of sp³-hybridized carbons (Fsp3) is 0.211. The minimum Gasteiger partial charge on any atom is -0.493 e. The quantitative estimate of drug-likeness (QED) is 0.461. The predicted molar refractivity (Wildman–Crippen MR) is 104 cm³/mol.